The van der Waals surface area contributed by atoms with Gasteiger partial charge in [0.05, 0.1) is 0 Å². The summed E-state index contributed by atoms with van der Waals surface area (Å²) in [6, 6.07) is 0.683. The number of carbonyl (C=O) groups excluding carboxylic acids is 1. The van der Waals surface area contributed by atoms with Crippen LogP contribution < -0.4 is 10.6 Å². The number of hydrogen-bond acceptors (Lipinski definition) is 2. The smallest absolute Gasteiger partial charge is 0.314 e. The van der Waals surface area contributed by atoms with E-state index in [1.807, 2.05) is 0 Å². The molecule has 178 valence electrons. The molecule has 4 nitrogen and oxygen atoms in total. The molecule has 1 fully saturated rings. The van der Waals surface area contributed by atoms with Gasteiger partial charge in [-0.25, -0.2) is 4.79 Å². The first-order valence-corrected chi connectivity index (χ1v) is 13.5. The third-order valence-corrected chi connectivity index (χ3v) is 6.69. The van der Waals surface area contributed by atoms with Crippen LogP contribution in [-0.4, -0.2) is 43.2 Å². The Morgan fingerprint density at radius 3 is 1.67 bits per heavy atom. The van der Waals surface area contributed by atoms with Crippen molar-refractivity contribution in [2.75, 3.05) is 26.2 Å². The molecule has 4 heteroatoms. The Bertz CT molecular complexity index is 388. The van der Waals surface area contributed by atoms with E-state index in [-0.39, 0.29) is 6.03 Å². The van der Waals surface area contributed by atoms with E-state index in [4.69, 9.17) is 0 Å². The minimum Gasteiger partial charge on any atom is -0.338 e. The lowest BCUT2D eigenvalue weighted by Crippen LogP contribution is -2.41. The zero-order chi connectivity index (χ0) is 21.7. The predicted molar refractivity (Wildman–Crippen MR) is 131 cm³/mol. The first-order valence-electron chi connectivity index (χ1n) is 13.5. The van der Waals surface area contributed by atoms with Crippen LogP contribution >= 0.6 is 0 Å². The van der Waals surface area contributed by atoms with Gasteiger partial charge in [-0.05, 0) is 32.7 Å². The quantitative estimate of drug-likeness (QED) is 0.206. The summed E-state index contributed by atoms with van der Waals surface area (Å²) in [6.45, 7) is 8.30. The third kappa shape index (κ3) is 16.0. The Morgan fingerprint density at radius 2 is 1.20 bits per heavy atom. The molecule has 1 aliphatic heterocycles. The van der Waals surface area contributed by atoms with Crippen molar-refractivity contribution in [1.82, 2.24) is 15.5 Å². The Kier molecular flexibility index (Phi) is 18.3. The van der Waals surface area contributed by atoms with Crippen LogP contribution in [0, 0.1) is 0 Å². The van der Waals surface area contributed by atoms with Crippen molar-refractivity contribution in [1.29, 1.82) is 0 Å². The van der Waals surface area contributed by atoms with Crippen LogP contribution in [0.5, 0.6) is 0 Å². The van der Waals surface area contributed by atoms with Crippen LogP contribution in [0.25, 0.3) is 0 Å². The summed E-state index contributed by atoms with van der Waals surface area (Å²) in [4.78, 5) is 14.3. The molecule has 0 aromatic carbocycles. The molecule has 1 saturated heterocycles. The number of rotatable bonds is 20. The average Bonchev–Trinajstić information content (AvgIpc) is 3.15. The van der Waals surface area contributed by atoms with Crippen LogP contribution in [0.3, 0.4) is 0 Å². The van der Waals surface area contributed by atoms with Crippen molar-refractivity contribution < 1.29 is 4.79 Å². The molecule has 1 rings (SSSR count). The van der Waals surface area contributed by atoms with Crippen LogP contribution in [0.1, 0.15) is 129 Å². The molecule has 0 aliphatic carbocycles. The highest BCUT2D eigenvalue weighted by Crippen LogP contribution is 2.15. The maximum Gasteiger partial charge on any atom is 0.314 e. The van der Waals surface area contributed by atoms with Gasteiger partial charge in [-0.2, -0.15) is 0 Å². The first kappa shape index (κ1) is 27.3. The van der Waals surface area contributed by atoms with E-state index in [1.165, 1.54) is 116 Å². The molecule has 2 amide bonds. The number of carbonyl (C=O) groups is 1. The topological polar surface area (TPSA) is 44.4 Å². The summed E-state index contributed by atoms with van der Waals surface area (Å²) >= 11 is 0. The second kappa shape index (κ2) is 20.2. The van der Waals surface area contributed by atoms with Gasteiger partial charge in [-0.3, -0.25) is 4.90 Å². The Labute approximate surface area is 188 Å². The molecule has 1 atom stereocenters. The molecule has 1 aliphatic rings. The standard InChI is InChI=1S/C26H53N3O/c1-3-4-5-6-7-8-9-10-11-12-13-14-15-16-17-18-21-27-26(30)28-22-24-29-23-19-20-25(29)2/h25H,3-24H2,1-2H3,(H2,27,28,30). The van der Waals surface area contributed by atoms with Gasteiger partial charge >= 0.3 is 6.03 Å². The number of nitrogens with one attached hydrogen (secondary N) is 2. The summed E-state index contributed by atoms with van der Waals surface area (Å²) in [6.07, 6.45) is 24.7. The molecule has 1 heterocycles. The number of likely N-dealkylation sites (tertiary alicyclic amines) is 1. The molecule has 0 radical (unpaired) electrons. The van der Waals surface area contributed by atoms with Gasteiger partial charge in [0.2, 0.25) is 0 Å². The maximum absolute atomic E-state index is 11.8. The lowest BCUT2D eigenvalue weighted by Gasteiger charge is -2.20. The summed E-state index contributed by atoms with van der Waals surface area (Å²) in [5.41, 5.74) is 0. The molecule has 1 unspecified atom stereocenters. The zero-order valence-corrected chi connectivity index (χ0v) is 20.5. The first-order chi connectivity index (χ1) is 14.7. The fourth-order valence-corrected chi connectivity index (χ4v) is 4.58. The molecular weight excluding hydrogens is 370 g/mol. The van der Waals surface area contributed by atoms with E-state index in [0.29, 0.717) is 6.04 Å². The van der Waals surface area contributed by atoms with Crippen LogP contribution in [0.15, 0.2) is 0 Å². The second-order valence-electron chi connectivity index (χ2n) is 9.51. The van der Waals surface area contributed by atoms with E-state index in [9.17, 15) is 4.79 Å². The van der Waals surface area contributed by atoms with Crippen molar-refractivity contribution in [2.24, 2.45) is 0 Å². The van der Waals surface area contributed by atoms with E-state index in [2.05, 4.69) is 29.4 Å². The molecule has 0 spiro atoms. The number of unbranched alkanes of at least 4 members (excludes halogenated alkanes) is 15. The van der Waals surface area contributed by atoms with Gasteiger partial charge < -0.3 is 10.6 Å². The molecule has 2 N–H and O–H groups in total. The number of urea groups is 1. The van der Waals surface area contributed by atoms with E-state index in [1.54, 1.807) is 0 Å². The van der Waals surface area contributed by atoms with Crippen molar-refractivity contribution in [3.8, 4) is 0 Å². The minimum atomic E-state index is 0.00260. The SMILES string of the molecule is CCCCCCCCCCCCCCCCCCNC(=O)NCCN1CCCC1C. The van der Waals surface area contributed by atoms with Crippen molar-refractivity contribution in [3.05, 3.63) is 0 Å². The van der Waals surface area contributed by atoms with Crippen molar-refractivity contribution in [3.63, 3.8) is 0 Å². The number of nitrogens with zero attached hydrogens (tertiary/aromatic N) is 1. The summed E-state index contributed by atoms with van der Waals surface area (Å²) in [5, 5.41) is 5.99. The highest BCUT2D eigenvalue weighted by molar-refractivity contribution is 5.73. The van der Waals surface area contributed by atoms with Crippen molar-refractivity contribution >= 4 is 6.03 Å². The third-order valence-electron chi connectivity index (χ3n) is 6.69. The van der Waals surface area contributed by atoms with Gasteiger partial charge in [0.25, 0.3) is 0 Å². The highest BCUT2D eigenvalue weighted by atomic mass is 16.2. The van der Waals surface area contributed by atoms with E-state index in [0.717, 1.165) is 26.1 Å². The number of amides is 2. The Balaban J connectivity index is 1.71. The largest absolute Gasteiger partial charge is 0.338 e. The molecule has 0 saturated carbocycles. The summed E-state index contributed by atoms with van der Waals surface area (Å²) in [7, 11) is 0. The molecule has 30 heavy (non-hydrogen) atoms. The lowest BCUT2D eigenvalue weighted by atomic mass is 10.0. The zero-order valence-electron chi connectivity index (χ0n) is 20.5. The number of hydrogen-bond donors (Lipinski definition) is 2. The van der Waals surface area contributed by atoms with Gasteiger partial charge in [-0.1, -0.05) is 103 Å². The monoisotopic (exact) mass is 423 g/mol. The Morgan fingerprint density at radius 1 is 0.733 bits per heavy atom. The van der Waals surface area contributed by atoms with Crippen LogP contribution in [0.4, 0.5) is 4.79 Å². The fourth-order valence-electron chi connectivity index (χ4n) is 4.58. The van der Waals surface area contributed by atoms with Gasteiger partial charge in [-0.15, -0.1) is 0 Å². The van der Waals surface area contributed by atoms with Crippen LogP contribution in [-0.2, 0) is 0 Å². The molecule has 0 aromatic rings. The second-order valence-corrected chi connectivity index (χ2v) is 9.51. The van der Waals surface area contributed by atoms with Gasteiger partial charge in [0, 0.05) is 25.7 Å². The summed E-state index contributed by atoms with van der Waals surface area (Å²) in [5.74, 6) is 0. The van der Waals surface area contributed by atoms with Crippen molar-refractivity contribution in [2.45, 2.75) is 135 Å². The van der Waals surface area contributed by atoms with Gasteiger partial charge in [0.1, 0.15) is 0 Å². The van der Waals surface area contributed by atoms with E-state index >= 15 is 0 Å². The predicted octanol–water partition coefficient (Wildman–Crippen LogP) is 7.03. The van der Waals surface area contributed by atoms with Gasteiger partial charge in [0.15, 0.2) is 0 Å². The fraction of sp³-hybridized carbons (Fsp3) is 0.962. The average molecular weight is 424 g/mol. The molecule has 0 aromatic heterocycles. The maximum atomic E-state index is 11.8. The lowest BCUT2D eigenvalue weighted by molar-refractivity contribution is 0.233. The molecular formula is C26H53N3O. The normalized spacial score (nSPS) is 16.8. The molecule has 0 bridgehead atoms. The van der Waals surface area contributed by atoms with Crippen LogP contribution in [0.2, 0.25) is 0 Å². The van der Waals surface area contributed by atoms with E-state index < -0.39 is 0 Å². The minimum absolute atomic E-state index is 0.00260. The summed E-state index contributed by atoms with van der Waals surface area (Å²) < 4.78 is 0. The Hall–Kier alpha value is -0.770. The highest BCUT2D eigenvalue weighted by Gasteiger charge is 2.19.